The van der Waals surface area contributed by atoms with Crippen molar-refractivity contribution in [1.29, 1.82) is 0 Å². The van der Waals surface area contributed by atoms with Crippen molar-refractivity contribution in [1.82, 2.24) is 10.2 Å². The fourth-order valence-corrected chi connectivity index (χ4v) is 3.15. The van der Waals surface area contributed by atoms with Gasteiger partial charge in [-0.15, -0.1) is 0 Å². The van der Waals surface area contributed by atoms with Gasteiger partial charge in [-0.05, 0) is 28.8 Å². The highest BCUT2D eigenvalue weighted by Gasteiger charge is 2.13. The van der Waals surface area contributed by atoms with Gasteiger partial charge in [0.2, 0.25) is 5.91 Å². The topological polar surface area (TPSA) is 50.8 Å². The van der Waals surface area contributed by atoms with Crippen LogP contribution in [0.3, 0.4) is 0 Å². The lowest BCUT2D eigenvalue weighted by Crippen LogP contribution is -2.36. The standard InChI is InChI=1S/C21H25FN2O3/c1-26-20-7-6-16(12-19(20)22)13-21(25)23-14-17-4-2-3-5-18(17)15-24-8-10-27-11-9-24/h2-7,12H,8-11,13-15H2,1H3,(H,23,25). The van der Waals surface area contributed by atoms with E-state index >= 15 is 0 Å². The van der Waals surface area contributed by atoms with E-state index in [9.17, 15) is 9.18 Å². The molecule has 0 aliphatic carbocycles. The number of nitrogens with zero attached hydrogens (tertiary/aromatic N) is 1. The number of hydrogen-bond acceptors (Lipinski definition) is 4. The Hall–Kier alpha value is -2.44. The lowest BCUT2D eigenvalue weighted by atomic mass is 10.1. The molecule has 1 amide bonds. The van der Waals surface area contributed by atoms with Crippen molar-refractivity contribution < 1.29 is 18.7 Å². The molecule has 0 radical (unpaired) electrons. The lowest BCUT2D eigenvalue weighted by molar-refractivity contribution is -0.120. The summed E-state index contributed by atoms with van der Waals surface area (Å²) in [6.45, 7) is 4.67. The molecule has 0 aromatic heterocycles. The van der Waals surface area contributed by atoms with Gasteiger partial charge in [0.15, 0.2) is 11.6 Å². The molecule has 0 unspecified atom stereocenters. The highest BCUT2D eigenvalue weighted by atomic mass is 19.1. The summed E-state index contributed by atoms with van der Waals surface area (Å²) in [7, 11) is 1.42. The first-order valence-electron chi connectivity index (χ1n) is 9.11. The van der Waals surface area contributed by atoms with Crippen LogP contribution in [0, 0.1) is 5.82 Å². The molecule has 2 aromatic carbocycles. The Balaban J connectivity index is 1.56. The maximum absolute atomic E-state index is 13.8. The SMILES string of the molecule is COc1ccc(CC(=O)NCc2ccccc2CN2CCOCC2)cc1F. The molecule has 2 aromatic rings. The highest BCUT2D eigenvalue weighted by Crippen LogP contribution is 2.18. The van der Waals surface area contributed by atoms with Crippen LogP contribution in [0.2, 0.25) is 0 Å². The average molecular weight is 372 g/mol. The van der Waals surface area contributed by atoms with Crippen LogP contribution in [0.4, 0.5) is 4.39 Å². The molecule has 3 rings (SSSR count). The van der Waals surface area contributed by atoms with Crippen LogP contribution in [-0.2, 0) is 29.0 Å². The van der Waals surface area contributed by atoms with E-state index in [0.717, 1.165) is 38.4 Å². The van der Waals surface area contributed by atoms with E-state index in [1.165, 1.54) is 24.8 Å². The van der Waals surface area contributed by atoms with E-state index in [4.69, 9.17) is 9.47 Å². The van der Waals surface area contributed by atoms with Crippen molar-refractivity contribution in [3.8, 4) is 5.75 Å². The third-order valence-corrected chi connectivity index (χ3v) is 4.67. The molecule has 6 heteroatoms. The van der Waals surface area contributed by atoms with Crippen LogP contribution in [-0.4, -0.2) is 44.2 Å². The summed E-state index contributed by atoms with van der Waals surface area (Å²) in [6, 6.07) is 12.7. The maximum atomic E-state index is 13.8. The minimum absolute atomic E-state index is 0.131. The van der Waals surface area contributed by atoms with Crippen molar-refractivity contribution in [3.05, 3.63) is 65.0 Å². The summed E-state index contributed by atoms with van der Waals surface area (Å²) in [5, 5.41) is 2.94. The van der Waals surface area contributed by atoms with Gasteiger partial charge in [0.05, 0.1) is 26.7 Å². The fourth-order valence-electron chi connectivity index (χ4n) is 3.15. The smallest absolute Gasteiger partial charge is 0.224 e. The minimum atomic E-state index is -0.460. The first-order chi connectivity index (χ1) is 13.2. The van der Waals surface area contributed by atoms with Crippen LogP contribution in [0.1, 0.15) is 16.7 Å². The zero-order chi connectivity index (χ0) is 19.1. The van der Waals surface area contributed by atoms with Crippen molar-refractivity contribution >= 4 is 5.91 Å². The van der Waals surface area contributed by atoms with Crippen LogP contribution >= 0.6 is 0 Å². The molecule has 27 heavy (non-hydrogen) atoms. The number of benzene rings is 2. The van der Waals surface area contributed by atoms with E-state index in [2.05, 4.69) is 16.3 Å². The fraction of sp³-hybridized carbons (Fsp3) is 0.381. The Kier molecular flexibility index (Phi) is 6.79. The Morgan fingerprint density at radius 2 is 1.93 bits per heavy atom. The quantitative estimate of drug-likeness (QED) is 0.812. The maximum Gasteiger partial charge on any atom is 0.224 e. The average Bonchev–Trinajstić information content (AvgIpc) is 2.68. The molecule has 5 nitrogen and oxygen atoms in total. The molecule has 1 saturated heterocycles. The van der Waals surface area contributed by atoms with Crippen molar-refractivity contribution in [2.75, 3.05) is 33.4 Å². The lowest BCUT2D eigenvalue weighted by Gasteiger charge is -2.27. The van der Waals surface area contributed by atoms with Gasteiger partial charge in [-0.2, -0.15) is 0 Å². The summed E-state index contributed by atoms with van der Waals surface area (Å²) < 4.78 is 24.0. The monoisotopic (exact) mass is 372 g/mol. The third kappa shape index (κ3) is 5.52. The number of rotatable bonds is 7. The number of ether oxygens (including phenoxy) is 2. The molecule has 0 bridgehead atoms. The molecule has 0 saturated carbocycles. The number of amides is 1. The second-order valence-corrected chi connectivity index (χ2v) is 6.58. The minimum Gasteiger partial charge on any atom is -0.494 e. The first kappa shape index (κ1) is 19.3. The van der Waals surface area contributed by atoms with E-state index in [1.807, 2.05) is 18.2 Å². The number of hydrogen-bond donors (Lipinski definition) is 1. The van der Waals surface area contributed by atoms with Gasteiger partial charge in [-0.3, -0.25) is 9.69 Å². The van der Waals surface area contributed by atoms with E-state index < -0.39 is 5.82 Å². The largest absolute Gasteiger partial charge is 0.494 e. The molecule has 1 aliphatic heterocycles. The van der Waals surface area contributed by atoms with Gasteiger partial charge in [-0.25, -0.2) is 4.39 Å². The molecule has 0 spiro atoms. The Labute approximate surface area is 159 Å². The summed E-state index contributed by atoms with van der Waals surface area (Å²) in [4.78, 5) is 14.6. The zero-order valence-corrected chi connectivity index (χ0v) is 15.5. The van der Waals surface area contributed by atoms with Crippen LogP contribution in [0.25, 0.3) is 0 Å². The Morgan fingerprint density at radius 3 is 2.63 bits per heavy atom. The molecule has 1 N–H and O–H groups in total. The van der Waals surface area contributed by atoms with Gasteiger partial charge in [0, 0.05) is 26.2 Å². The summed E-state index contributed by atoms with van der Waals surface area (Å²) in [5.74, 6) is -0.421. The second kappa shape index (κ2) is 9.48. The van der Waals surface area contributed by atoms with Crippen molar-refractivity contribution in [2.45, 2.75) is 19.5 Å². The molecule has 1 fully saturated rings. The van der Waals surface area contributed by atoms with Crippen molar-refractivity contribution in [3.63, 3.8) is 0 Å². The van der Waals surface area contributed by atoms with Crippen molar-refractivity contribution in [2.24, 2.45) is 0 Å². The molecule has 1 aliphatic rings. The summed E-state index contributed by atoms with van der Waals surface area (Å²) in [5.41, 5.74) is 2.92. The highest BCUT2D eigenvalue weighted by molar-refractivity contribution is 5.78. The predicted molar refractivity (Wildman–Crippen MR) is 101 cm³/mol. The van der Waals surface area contributed by atoms with Gasteiger partial charge in [0.1, 0.15) is 0 Å². The summed E-state index contributed by atoms with van der Waals surface area (Å²) >= 11 is 0. The van der Waals surface area contributed by atoms with Gasteiger partial charge in [-0.1, -0.05) is 30.3 Å². The number of halogens is 1. The number of morpholine rings is 1. The molecule has 144 valence electrons. The van der Waals surface area contributed by atoms with Gasteiger partial charge >= 0.3 is 0 Å². The summed E-state index contributed by atoms with van der Waals surface area (Å²) in [6.07, 6.45) is 0.131. The predicted octanol–water partition coefficient (Wildman–Crippen LogP) is 2.53. The van der Waals surface area contributed by atoms with Crippen LogP contribution in [0.5, 0.6) is 5.75 Å². The van der Waals surface area contributed by atoms with Crippen LogP contribution in [0.15, 0.2) is 42.5 Å². The van der Waals surface area contributed by atoms with Crippen LogP contribution < -0.4 is 10.1 Å². The number of nitrogens with one attached hydrogen (secondary N) is 1. The normalized spacial score (nSPS) is 14.7. The molecular formula is C21H25FN2O3. The molecule has 0 atom stereocenters. The first-order valence-corrected chi connectivity index (χ1v) is 9.11. The number of methoxy groups -OCH3 is 1. The number of carbonyl (C=O) groups excluding carboxylic acids is 1. The molecular weight excluding hydrogens is 347 g/mol. The van der Waals surface area contributed by atoms with E-state index in [0.29, 0.717) is 12.1 Å². The Bertz CT molecular complexity index is 776. The van der Waals surface area contributed by atoms with E-state index in [-0.39, 0.29) is 18.1 Å². The third-order valence-electron chi connectivity index (χ3n) is 4.67. The van der Waals surface area contributed by atoms with Gasteiger partial charge < -0.3 is 14.8 Å². The van der Waals surface area contributed by atoms with E-state index in [1.54, 1.807) is 6.07 Å². The second-order valence-electron chi connectivity index (χ2n) is 6.58. The molecule has 1 heterocycles. The van der Waals surface area contributed by atoms with Gasteiger partial charge in [0.25, 0.3) is 0 Å². The Morgan fingerprint density at radius 1 is 1.19 bits per heavy atom. The zero-order valence-electron chi connectivity index (χ0n) is 15.5. The number of carbonyl (C=O) groups is 1.